The quantitative estimate of drug-likeness (QED) is 0.690. The molecule has 0 bridgehead atoms. The minimum atomic E-state index is 0.0701. The van der Waals surface area contributed by atoms with Crippen LogP contribution < -0.4 is 0 Å². The van der Waals surface area contributed by atoms with Crippen LogP contribution in [0.1, 0.15) is 47.8 Å². The molecular weight excluding hydrogens is 176 g/mol. The SMILES string of the molecule is CCC(=O)c1nc(C)c(CC)nc1C. The number of ketones is 1. The number of hydrogen-bond donors (Lipinski definition) is 0. The van der Waals surface area contributed by atoms with Gasteiger partial charge in [-0.2, -0.15) is 0 Å². The first kappa shape index (κ1) is 10.8. The molecule has 1 rings (SSSR count). The Bertz CT molecular complexity index is 359. The van der Waals surface area contributed by atoms with Gasteiger partial charge in [-0.3, -0.25) is 9.78 Å². The van der Waals surface area contributed by atoms with E-state index >= 15 is 0 Å². The lowest BCUT2D eigenvalue weighted by Crippen LogP contribution is -2.09. The second-order valence-corrected chi connectivity index (χ2v) is 3.32. The van der Waals surface area contributed by atoms with Gasteiger partial charge in [0.2, 0.25) is 0 Å². The average Bonchev–Trinajstić information content (AvgIpc) is 2.19. The van der Waals surface area contributed by atoms with E-state index in [1.165, 1.54) is 0 Å². The van der Waals surface area contributed by atoms with Crippen molar-refractivity contribution < 1.29 is 4.79 Å². The van der Waals surface area contributed by atoms with Gasteiger partial charge in [0.25, 0.3) is 0 Å². The van der Waals surface area contributed by atoms with E-state index in [0.717, 1.165) is 23.5 Å². The lowest BCUT2D eigenvalue weighted by Gasteiger charge is -2.07. The van der Waals surface area contributed by atoms with Gasteiger partial charge >= 0.3 is 0 Å². The van der Waals surface area contributed by atoms with Crippen LogP contribution in [-0.4, -0.2) is 15.8 Å². The van der Waals surface area contributed by atoms with Crippen molar-refractivity contribution in [1.29, 1.82) is 0 Å². The van der Waals surface area contributed by atoms with Gasteiger partial charge in [-0.25, -0.2) is 4.98 Å². The highest BCUT2D eigenvalue weighted by Gasteiger charge is 2.12. The average molecular weight is 192 g/mol. The molecule has 1 aromatic rings. The van der Waals surface area contributed by atoms with Crippen molar-refractivity contribution in [3.8, 4) is 0 Å². The molecule has 0 aliphatic rings. The lowest BCUT2D eigenvalue weighted by molar-refractivity contribution is 0.0982. The molecule has 3 nitrogen and oxygen atoms in total. The molecule has 1 heterocycles. The van der Waals surface area contributed by atoms with E-state index in [1.807, 2.05) is 27.7 Å². The number of nitrogens with zero attached hydrogens (tertiary/aromatic N) is 2. The number of carbonyl (C=O) groups is 1. The molecule has 3 heteroatoms. The first-order valence-corrected chi connectivity index (χ1v) is 4.97. The summed E-state index contributed by atoms with van der Waals surface area (Å²) in [5.74, 6) is 0.0701. The topological polar surface area (TPSA) is 42.9 Å². The lowest BCUT2D eigenvalue weighted by atomic mass is 10.1. The van der Waals surface area contributed by atoms with Crippen LogP contribution >= 0.6 is 0 Å². The third-order valence-corrected chi connectivity index (χ3v) is 2.26. The smallest absolute Gasteiger partial charge is 0.182 e. The van der Waals surface area contributed by atoms with E-state index in [0.29, 0.717) is 12.1 Å². The fourth-order valence-electron chi connectivity index (χ4n) is 1.42. The predicted octanol–water partition coefficient (Wildman–Crippen LogP) is 2.25. The molecule has 76 valence electrons. The fourth-order valence-corrected chi connectivity index (χ4v) is 1.42. The van der Waals surface area contributed by atoms with E-state index in [1.54, 1.807) is 0 Å². The van der Waals surface area contributed by atoms with Crippen LogP contribution in [-0.2, 0) is 6.42 Å². The molecule has 0 saturated carbocycles. The minimum Gasteiger partial charge on any atom is -0.292 e. The number of aryl methyl sites for hydroxylation is 3. The third-order valence-electron chi connectivity index (χ3n) is 2.26. The van der Waals surface area contributed by atoms with E-state index < -0.39 is 0 Å². The second kappa shape index (κ2) is 4.31. The Kier molecular flexibility index (Phi) is 3.33. The van der Waals surface area contributed by atoms with Gasteiger partial charge in [0.1, 0.15) is 5.69 Å². The molecule has 0 fully saturated rings. The highest BCUT2D eigenvalue weighted by atomic mass is 16.1. The van der Waals surface area contributed by atoms with E-state index in [9.17, 15) is 4.79 Å². The van der Waals surface area contributed by atoms with Crippen molar-refractivity contribution in [2.24, 2.45) is 0 Å². The number of carbonyl (C=O) groups excluding carboxylic acids is 1. The highest BCUT2D eigenvalue weighted by Crippen LogP contribution is 2.10. The Hall–Kier alpha value is -1.25. The molecule has 0 radical (unpaired) electrons. The number of rotatable bonds is 3. The Labute approximate surface area is 84.6 Å². The Morgan fingerprint density at radius 2 is 1.79 bits per heavy atom. The Balaban J connectivity index is 3.21. The molecule has 1 aromatic heterocycles. The van der Waals surface area contributed by atoms with Gasteiger partial charge < -0.3 is 0 Å². The molecule has 0 unspecified atom stereocenters. The predicted molar refractivity (Wildman–Crippen MR) is 55.5 cm³/mol. The van der Waals surface area contributed by atoms with Crippen molar-refractivity contribution in [2.75, 3.05) is 0 Å². The maximum absolute atomic E-state index is 11.5. The zero-order chi connectivity index (χ0) is 10.7. The summed E-state index contributed by atoms with van der Waals surface area (Å²) < 4.78 is 0. The standard InChI is InChI=1S/C11H16N2O/c1-5-9-7(3)13-11(8(4)12-9)10(14)6-2/h5-6H2,1-4H3. The first-order chi connectivity index (χ1) is 6.60. The summed E-state index contributed by atoms with van der Waals surface area (Å²) in [5.41, 5.74) is 3.13. The maximum Gasteiger partial charge on any atom is 0.182 e. The second-order valence-electron chi connectivity index (χ2n) is 3.32. The Morgan fingerprint density at radius 3 is 2.29 bits per heavy atom. The zero-order valence-electron chi connectivity index (χ0n) is 9.22. The van der Waals surface area contributed by atoms with Crippen LogP contribution in [0.15, 0.2) is 0 Å². The molecule has 0 aliphatic heterocycles. The van der Waals surface area contributed by atoms with E-state index in [4.69, 9.17) is 0 Å². The van der Waals surface area contributed by atoms with Crippen LogP contribution in [0.5, 0.6) is 0 Å². The molecule has 0 N–H and O–H groups in total. The normalized spacial score (nSPS) is 10.3. The first-order valence-electron chi connectivity index (χ1n) is 4.97. The summed E-state index contributed by atoms with van der Waals surface area (Å²) in [4.78, 5) is 20.2. The van der Waals surface area contributed by atoms with Crippen molar-refractivity contribution in [1.82, 2.24) is 9.97 Å². The zero-order valence-corrected chi connectivity index (χ0v) is 9.22. The number of aromatic nitrogens is 2. The maximum atomic E-state index is 11.5. The molecule has 0 amide bonds. The summed E-state index contributed by atoms with van der Waals surface area (Å²) in [5, 5.41) is 0. The molecule has 0 spiro atoms. The van der Waals surface area contributed by atoms with Gasteiger partial charge in [-0.15, -0.1) is 0 Å². The van der Waals surface area contributed by atoms with E-state index in [-0.39, 0.29) is 5.78 Å². The number of Topliss-reactive ketones (excluding diaryl/α,β-unsaturated/α-hetero) is 1. The summed E-state index contributed by atoms with van der Waals surface area (Å²) in [6.45, 7) is 7.62. The van der Waals surface area contributed by atoms with Gasteiger partial charge in [-0.05, 0) is 20.3 Å². The molecule has 0 atom stereocenters. The molecule has 14 heavy (non-hydrogen) atoms. The summed E-state index contributed by atoms with van der Waals surface area (Å²) in [6, 6.07) is 0. The minimum absolute atomic E-state index is 0.0701. The van der Waals surface area contributed by atoms with Crippen LogP contribution in [0.3, 0.4) is 0 Å². The van der Waals surface area contributed by atoms with Gasteiger partial charge in [-0.1, -0.05) is 13.8 Å². The van der Waals surface area contributed by atoms with Gasteiger partial charge in [0.15, 0.2) is 5.78 Å². The molecule has 0 saturated heterocycles. The van der Waals surface area contributed by atoms with Crippen molar-refractivity contribution in [2.45, 2.75) is 40.5 Å². The van der Waals surface area contributed by atoms with Crippen LogP contribution in [0.25, 0.3) is 0 Å². The molecular formula is C11H16N2O. The number of hydrogen-bond acceptors (Lipinski definition) is 3. The highest BCUT2D eigenvalue weighted by molar-refractivity contribution is 5.94. The molecule has 0 aromatic carbocycles. The summed E-state index contributed by atoms with van der Waals surface area (Å²) in [7, 11) is 0. The summed E-state index contributed by atoms with van der Waals surface area (Å²) >= 11 is 0. The largest absolute Gasteiger partial charge is 0.292 e. The van der Waals surface area contributed by atoms with Crippen molar-refractivity contribution in [3.05, 3.63) is 22.8 Å². The van der Waals surface area contributed by atoms with E-state index in [2.05, 4.69) is 9.97 Å². The third kappa shape index (κ3) is 1.97. The monoisotopic (exact) mass is 192 g/mol. The van der Waals surface area contributed by atoms with Crippen molar-refractivity contribution >= 4 is 5.78 Å². The van der Waals surface area contributed by atoms with Crippen molar-refractivity contribution in [3.63, 3.8) is 0 Å². The van der Waals surface area contributed by atoms with Crippen LogP contribution in [0.2, 0.25) is 0 Å². The van der Waals surface area contributed by atoms with Gasteiger partial charge in [0, 0.05) is 6.42 Å². The Morgan fingerprint density at radius 1 is 1.14 bits per heavy atom. The fraction of sp³-hybridized carbons (Fsp3) is 0.545. The van der Waals surface area contributed by atoms with Crippen LogP contribution in [0.4, 0.5) is 0 Å². The summed E-state index contributed by atoms with van der Waals surface area (Å²) in [6.07, 6.45) is 1.35. The van der Waals surface area contributed by atoms with Crippen LogP contribution in [0, 0.1) is 13.8 Å². The van der Waals surface area contributed by atoms with Gasteiger partial charge in [0.05, 0.1) is 17.1 Å². The molecule has 0 aliphatic carbocycles.